The molecule has 0 aliphatic carbocycles. The Labute approximate surface area is 177 Å². The number of nitrogen functional groups attached to an aromatic ring is 1. The number of aromatic nitrogens is 4. The molecule has 0 radical (unpaired) electrons. The molecule has 4 N–H and O–H groups in total. The summed E-state index contributed by atoms with van der Waals surface area (Å²) in [5, 5.41) is 9.89. The highest BCUT2D eigenvalue weighted by molar-refractivity contribution is 6.30. The van der Waals surface area contributed by atoms with E-state index in [9.17, 15) is 4.79 Å². The van der Waals surface area contributed by atoms with E-state index in [0.717, 1.165) is 11.1 Å². The van der Waals surface area contributed by atoms with E-state index < -0.39 is 0 Å². The van der Waals surface area contributed by atoms with Crippen molar-refractivity contribution in [2.45, 2.75) is 13.3 Å². The minimum Gasteiger partial charge on any atom is -0.384 e. The molecule has 4 rings (SSSR count). The molecule has 2 heterocycles. The first-order chi connectivity index (χ1) is 14.4. The maximum Gasteiger partial charge on any atom is 0.238 e. The van der Waals surface area contributed by atoms with Gasteiger partial charge in [0.15, 0.2) is 11.6 Å². The molecule has 0 aliphatic rings. The summed E-state index contributed by atoms with van der Waals surface area (Å²) in [7, 11) is 0. The van der Waals surface area contributed by atoms with Gasteiger partial charge in [-0.2, -0.15) is 0 Å². The Morgan fingerprint density at radius 1 is 1.27 bits per heavy atom. The zero-order valence-electron chi connectivity index (χ0n) is 16.3. The average Bonchev–Trinajstić information content (AvgIpc) is 3.35. The van der Waals surface area contributed by atoms with Crippen LogP contribution in [0.25, 0.3) is 22.7 Å². The highest BCUT2D eigenvalue weighted by Crippen LogP contribution is 2.21. The van der Waals surface area contributed by atoms with Crippen molar-refractivity contribution in [1.82, 2.24) is 19.6 Å². The normalized spacial score (nSPS) is 11.0. The van der Waals surface area contributed by atoms with Gasteiger partial charge in [0, 0.05) is 36.4 Å². The van der Waals surface area contributed by atoms with Crippen LogP contribution in [0.5, 0.6) is 0 Å². The van der Waals surface area contributed by atoms with Gasteiger partial charge >= 0.3 is 0 Å². The number of hydrogen-bond donors (Lipinski definition) is 3. The number of carbonyl (C=O) groups excluding carboxylic acids is 1. The Hall–Kier alpha value is -3.65. The van der Waals surface area contributed by atoms with Gasteiger partial charge in [-0.15, -0.1) is 0 Å². The van der Waals surface area contributed by atoms with Gasteiger partial charge in [0.1, 0.15) is 5.84 Å². The minimum atomic E-state index is -0.113. The van der Waals surface area contributed by atoms with Crippen LogP contribution in [-0.4, -0.2) is 37.9 Å². The summed E-state index contributed by atoms with van der Waals surface area (Å²) in [5.74, 6) is 0.904. The van der Waals surface area contributed by atoms with Crippen LogP contribution >= 0.6 is 11.6 Å². The van der Waals surface area contributed by atoms with Crippen molar-refractivity contribution in [3.05, 3.63) is 71.0 Å². The van der Waals surface area contributed by atoms with Gasteiger partial charge in [-0.25, -0.2) is 19.7 Å². The van der Waals surface area contributed by atoms with Crippen LogP contribution in [0.1, 0.15) is 18.1 Å². The predicted molar refractivity (Wildman–Crippen MR) is 117 cm³/mol. The van der Waals surface area contributed by atoms with Crippen molar-refractivity contribution in [3.63, 3.8) is 0 Å². The number of nitrogens with one attached hydrogen (secondary N) is 2. The maximum absolute atomic E-state index is 12.4. The molecule has 152 valence electrons. The third-order valence-electron chi connectivity index (χ3n) is 4.78. The van der Waals surface area contributed by atoms with E-state index >= 15 is 0 Å². The topological polar surface area (TPSA) is 117 Å². The molecule has 0 unspecified atom stereocenters. The van der Waals surface area contributed by atoms with Gasteiger partial charge in [-0.3, -0.25) is 10.2 Å². The van der Waals surface area contributed by atoms with Crippen LogP contribution in [0.3, 0.4) is 0 Å². The fraction of sp³-hybridized carbons (Fsp3) is 0.143. The number of fused-ring (bicyclic) bond motifs is 1. The molecule has 1 amide bonds. The maximum atomic E-state index is 12.4. The second-order valence-corrected chi connectivity index (χ2v) is 7.28. The molecule has 0 bridgehead atoms. The summed E-state index contributed by atoms with van der Waals surface area (Å²) >= 11 is 5.95. The van der Waals surface area contributed by atoms with Crippen molar-refractivity contribution >= 4 is 34.4 Å². The van der Waals surface area contributed by atoms with Gasteiger partial charge in [0.25, 0.3) is 0 Å². The SMILES string of the molecule is CC(=O)N(CCc1ccc(Cl)cc1)n1ccnc1-c1nc2cc(C(=N)N)ccc2[nH]1. The first-order valence-corrected chi connectivity index (χ1v) is 9.71. The third-order valence-corrected chi connectivity index (χ3v) is 5.03. The lowest BCUT2D eigenvalue weighted by molar-refractivity contribution is -0.118. The fourth-order valence-corrected chi connectivity index (χ4v) is 3.37. The predicted octanol–water partition coefficient (Wildman–Crippen LogP) is 3.09. The Bertz CT molecular complexity index is 1230. The number of rotatable bonds is 6. The zero-order valence-corrected chi connectivity index (χ0v) is 17.0. The van der Waals surface area contributed by atoms with E-state index in [1.54, 1.807) is 34.2 Å². The van der Waals surface area contributed by atoms with Crippen LogP contribution in [0.15, 0.2) is 54.9 Å². The zero-order chi connectivity index (χ0) is 21.3. The summed E-state index contributed by atoms with van der Waals surface area (Å²) < 4.78 is 1.70. The fourth-order valence-electron chi connectivity index (χ4n) is 3.24. The average molecular weight is 422 g/mol. The lowest BCUT2D eigenvalue weighted by Gasteiger charge is -2.23. The van der Waals surface area contributed by atoms with Crippen molar-refractivity contribution < 1.29 is 4.79 Å². The number of amides is 1. The van der Waals surface area contributed by atoms with Crippen molar-refractivity contribution in [2.24, 2.45) is 5.73 Å². The van der Waals surface area contributed by atoms with E-state index in [2.05, 4.69) is 15.0 Å². The van der Waals surface area contributed by atoms with Gasteiger partial charge in [-0.05, 0) is 42.3 Å². The van der Waals surface area contributed by atoms with Gasteiger partial charge in [0.2, 0.25) is 5.91 Å². The first-order valence-electron chi connectivity index (χ1n) is 9.33. The van der Waals surface area contributed by atoms with Crippen LogP contribution in [0.2, 0.25) is 5.02 Å². The number of benzene rings is 2. The number of nitrogens with two attached hydrogens (primary N) is 1. The number of H-pyrrole nitrogens is 1. The molecule has 4 aromatic rings. The Kier molecular flexibility index (Phi) is 5.24. The summed E-state index contributed by atoms with van der Waals surface area (Å²) in [5.41, 5.74) is 8.70. The molecule has 8 nitrogen and oxygen atoms in total. The molecule has 0 aliphatic heterocycles. The quantitative estimate of drug-likeness (QED) is 0.327. The summed E-state index contributed by atoms with van der Waals surface area (Å²) in [4.78, 5) is 24.6. The number of carbonyl (C=O) groups is 1. The monoisotopic (exact) mass is 421 g/mol. The van der Waals surface area contributed by atoms with Crippen LogP contribution in [0, 0.1) is 5.41 Å². The summed E-state index contributed by atoms with van der Waals surface area (Å²) in [6, 6.07) is 12.9. The second-order valence-electron chi connectivity index (χ2n) is 6.85. The molecule has 0 atom stereocenters. The number of amidine groups is 1. The lowest BCUT2D eigenvalue weighted by atomic mass is 10.1. The van der Waals surface area contributed by atoms with E-state index in [1.807, 2.05) is 30.3 Å². The molecule has 0 spiro atoms. The molecule has 2 aromatic carbocycles. The number of aromatic amines is 1. The van der Waals surface area contributed by atoms with Gasteiger partial charge < -0.3 is 10.7 Å². The Morgan fingerprint density at radius 3 is 2.73 bits per heavy atom. The molecule has 0 saturated heterocycles. The minimum absolute atomic E-state index is 0.0205. The van der Waals surface area contributed by atoms with Crippen molar-refractivity contribution in [2.75, 3.05) is 11.6 Å². The molecule has 9 heteroatoms. The number of halogens is 1. The van der Waals surface area contributed by atoms with E-state index in [1.165, 1.54) is 6.92 Å². The summed E-state index contributed by atoms with van der Waals surface area (Å²) in [6.07, 6.45) is 4.02. The van der Waals surface area contributed by atoms with Crippen molar-refractivity contribution in [1.29, 1.82) is 5.41 Å². The molecule has 0 fully saturated rings. The highest BCUT2D eigenvalue weighted by atomic mass is 35.5. The number of imidazole rings is 2. The van der Waals surface area contributed by atoms with E-state index in [0.29, 0.717) is 40.7 Å². The molecular weight excluding hydrogens is 402 g/mol. The molecule has 0 saturated carbocycles. The van der Waals surface area contributed by atoms with E-state index in [-0.39, 0.29) is 11.7 Å². The van der Waals surface area contributed by atoms with Crippen LogP contribution < -0.4 is 10.7 Å². The van der Waals surface area contributed by atoms with Gasteiger partial charge in [-0.1, -0.05) is 23.7 Å². The molecular formula is C21H20ClN7O. The van der Waals surface area contributed by atoms with Crippen LogP contribution in [0.4, 0.5) is 0 Å². The standard InChI is InChI=1S/C21H20ClN7O/c1-13(30)28(10-8-14-2-5-16(22)6-3-14)29-11-9-25-21(29)20-26-17-7-4-15(19(23)24)12-18(17)27-20/h2-7,9,11-12H,8,10H2,1H3,(H3,23,24)(H,26,27). The number of hydrogen-bond acceptors (Lipinski definition) is 4. The second kappa shape index (κ2) is 8.00. The van der Waals surface area contributed by atoms with Crippen molar-refractivity contribution in [3.8, 4) is 11.6 Å². The first kappa shape index (κ1) is 19.7. The summed E-state index contributed by atoms with van der Waals surface area (Å²) in [6.45, 7) is 1.98. The highest BCUT2D eigenvalue weighted by Gasteiger charge is 2.18. The Morgan fingerprint density at radius 2 is 2.03 bits per heavy atom. The largest absolute Gasteiger partial charge is 0.384 e. The molecule has 2 aromatic heterocycles. The van der Waals surface area contributed by atoms with Gasteiger partial charge in [0.05, 0.1) is 11.0 Å². The lowest BCUT2D eigenvalue weighted by Crippen LogP contribution is -2.40. The number of nitrogens with zero attached hydrogens (tertiary/aromatic N) is 4. The van der Waals surface area contributed by atoms with E-state index in [4.69, 9.17) is 22.7 Å². The Balaban J connectivity index is 1.64. The smallest absolute Gasteiger partial charge is 0.238 e. The third kappa shape index (κ3) is 3.90. The van der Waals surface area contributed by atoms with Crippen LogP contribution in [-0.2, 0) is 11.2 Å². The molecule has 30 heavy (non-hydrogen) atoms.